The molecule has 142 valence electrons. The number of hydrogen-bond donors (Lipinski definition) is 1. The normalized spacial score (nSPS) is 11.7. The molecule has 1 aromatic heterocycles. The molecule has 7 heteroatoms. The van der Waals surface area contributed by atoms with Gasteiger partial charge in [0.1, 0.15) is 0 Å². The lowest BCUT2D eigenvalue weighted by molar-refractivity contribution is -0.116. The number of hydrogen-bond acceptors (Lipinski definition) is 4. The van der Waals surface area contributed by atoms with Crippen molar-refractivity contribution in [3.05, 3.63) is 45.6 Å². The molecular formula is C19H26N2O3S2. The summed E-state index contributed by atoms with van der Waals surface area (Å²) in [6.07, 6.45) is 1.03. The van der Waals surface area contributed by atoms with Gasteiger partial charge in [-0.2, -0.15) is 15.6 Å². The van der Waals surface area contributed by atoms with Crippen LogP contribution < -0.4 is 5.32 Å². The van der Waals surface area contributed by atoms with Gasteiger partial charge in [-0.05, 0) is 65.9 Å². The number of aryl methyl sites for hydroxylation is 2. The first-order valence-corrected chi connectivity index (χ1v) is 11.1. The number of sulfonamides is 1. The van der Waals surface area contributed by atoms with E-state index in [1.807, 2.05) is 44.5 Å². The number of carbonyl (C=O) groups excluding carboxylic acids is 1. The first-order chi connectivity index (χ1) is 12.3. The van der Waals surface area contributed by atoms with Crippen LogP contribution in [0.5, 0.6) is 0 Å². The van der Waals surface area contributed by atoms with Crippen LogP contribution in [0.2, 0.25) is 0 Å². The average Bonchev–Trinajstić information content (AvgIpc) is 3.11. The number of carbonyl (C=O) groups is 1. The summed E-state index contributed by atoms with van der Waals surface area (Å²) < 4.78 is 27.0. The molecule has 0 saturated heterocycles. The maximum absolute atomic E-state index is 12.8. The Balaban J connectivity index is 2.23. The molecule has 0 fully saturated rings. The average molecular weight is 395 g/mol. The Labute approximate surface area is 160 Å². The molecule has 1 aromatic carbocycles. The third-order valence-electron chi connectivity index (χ3n) is 4.48. The summed E-state index contributed by atoms with van der Waals surface area (Å²) >= 11 is 1.61. The summed E-state index contributed by atoms with van der Waals surface area (Å²) in [6, 6.07) is 5.24. The highest BCUT2D eigenvalue weighted by Crippen LogP contribution is 2.26. The van der Waals surface area contributed by atoms with Gasteiger partial charge in [-0.15, -0.1) is 0 Å². The van der Waals surface area contributed by atoms with E-state index in [9.17, 15) is 13.2 Å². The SMILES string of the molecule is CCN(CC)S(=O)(=O)c1cc(C)c(C)c(NC(=O)CCc2ccsc2)c1. The minimum absolute atomic E-state index is 0.115. The largest absolute Gasteiger partial charge is 0.326 e. The number of anilines is 1. The first kappa shape index (κ1) is 20.6. The maximum Gasteiger partial charge on any atom is 0.243 e. The highest BCUT2D eigenvalue weighted by atomic mass is 32.2. The molecule has 0 radical (unpaired) electrons. The molecule has 1 amide bonds. The van der Waals surface area contributed by atoms with Gasteiger partial charge in [0.2, 0.25) is 15.9 Å². The van der Waals surface area contributed by atoms with E-state index in [-0.39, 0.29) is 10.8 Å². The molecule has 26 heavy (non-hydrogen) atoms. The molecule has 2 aromatic rings. The maximum atomic E-state index is 12.8. The Morgan fingerprint density at radius 3 is 2.46 bits per heavy atom. The van der Waals surface area contributed by atoms with Crippen LogP contribution in [0.3, 0.4) is 0 Å². The lowest BCUT2D eigenvalue weighted by Crippen LogP contribution is -2.30. The smallest absolute Gasteiger partial charge is 0.243 e. The van der Waals surface area contributed by atoms with Crippen molar-refractivity contribution in [3.63, 3.8) is 0 Å². The van der Waals surface area contributed by atoms with E-state index in [0.717, 1.165) is 16.7 Å². The van der Waals surface area contributed by atoms with Gasteiger partial charge >= 0.3 is 0 Å². The molecule has 0 aliphatic heterocycles. The topological polar surface area (TPSA) is 66.5 Å². The molecular weight excluding hydrogens is 368 g/mol. The molecule has 0 aliphatic rings. The van der Waals surface area contributed by atoms with E-state index in [1.165, 1.54) is 4.31 Å². The minimum Gasteiger partial charge on any atom is -0.326 e. The van der Waals surface area contributed by atoms with Crippen LogP contribution in [0, 0.1) is 13.8 Å². The van der Waals surface area contributed by atoms with Gasteiger partial charge < -0.3 is 5.32 Å². The molecule has 1 N–H and O–H groups in total. The highest BCUT2D eigenvalue weighted by Gasteiger charge is 2.23. The van der Waals surface area contributed by atoms with E-state index in [4.69, 9.17) is 0 Å². The first-order valence-electron chi connectivity index (χ1n) is 8.71. The van der Waals surface area contributed by atoms with Crippen molar-refractivity contribution in [1.29, 1.82) is 0 Å². The van der Waals surface area contributed by atoms with Crippen molar-refractivity contribution in [2.24, 2.45) is 0 Å². The van der Waals surface area contributed by atoms with Crippen LogP contribution >= 0.6 is 11.3 Å². The van der Waals surface area contributed by atoms with E-state index < -0.39 is 10.0 Å². The second-order valence-electron chi connectivity index (χ2n) is 6.18. The standard InChI is InChI=1S/C19H26N2O3S2/c1-5-21(6-2)26(23,24)17-11-14(3)15(4)18(12-17)20-19(22)8-7-16-9-10-25-13-16/h9-13H,5-8H2,1-4H3,(H,20,22). The monoisotopic (exact) mass is 394 g/mol. The molecule has 5 nitrogen and oxygen atoms in total. The van der Waals surface area contributed by atoms with Crippen LogP contribution in [-0.2, 0) is 21.2 Å². The fourth-order valence-electron chi connectivity index (χ4n) is 2.72. The number of nitrogens with one attached hydrogen (secondary N) is 1. The van der Waals surface area contributed by atoms with Crippen molar-refractivity contribution in [1.82, 2.24) is 4.31 Å². The third kappa shape index (κ3) is 4.72. The highest BCUT2D eigenvalue weighted by molar-refractivity contribution is 7.89. The Morgan fingerprint density at radius 1 is 1.19 bits per heavy atom. The van der Waals surface area contributed by atoms with Crippen molar-refractivity contribution < 1.29 is 13.2 Å². The van der Waals surface area contributed by atoms with Crippen LogP contribution in [-0.4, -0.2) is 31.7 Å². The number of rotatable bonds is 8. The molecule has 1 heterocycles. The quantitative estimate of drug-likeness (QED) is 0.737. The number of nitrogens with zero attached hydrogens (tertiary/aromatic N) is 1. The number of amides is 1. The van der Waals surface area contributed by atoms with Crippen molar-refractivity contribution >= 4 is 33.0 Å². The second-order valence-corrected chi connectivity index (χ2v) is 8.90. The van der Waals surface area contributed by atoms with Gasteiger partial charge in [0.05, 0.1) is 4.90 Å². The van der Waals surface area contributed by atoms with Crippen LogP contribution in [0.15, 0.2) is 33.9 Å². The molecule has 2 rings (SSSR count). The second kappa shape index (κ2) is 8.79. The zero-order valence-electron chi connectivity index (χ0n) is 15.7. The fraction of sp³-hybridized carbons (Fsp3) is 0.421. The third-order valence-corrected chi connectivity index (χ3v) is 7.24. The van der Waals surface area contributed by atoms with E-state index in [2.05, 4.69) is 5.32 Å². The molecule has 0 saturated carbocycles. The van der Waals surface area contributed by atoms with E-state index >= 15 is 0 Å². The van der Waals surface area contributed by atoms with Gasteiger partial charge in [-0.3, -0.25) is 4.79 Å². The summed E-state index contributed by atoms with van der Waals surface area (Å²) in [5.74, 6) is -0.115. The summed E-state index contributed by atoms with van der Waals surface area (Å²) in [6.45, 7) is 8.20. The zero-order valence-corrected chi connectivity index (χ0v) is 17.3. The van der Waals surface area contributed by atoms with E-state index in [1.54, 1.807) is 23.5 Å². The van der Waals surface area contributed by atoms with Crippen LogP contribution in [0.25, 0.3) is 0 Å². The summed E-state index contributed by atoms with van der Waals surface area (Å²) in [7, 11) is -3.56. The predicted molar refractivity (Wildman–Crippen MR) is 107 cm³/mol. The summed E-state index contributed by atoms with van der Waals surface area (Å²) in [5.41, 5.74) is 3.42. The molecule has 0 aliphatic carbocycles. The minimum atomic E-state index is -3.56. The van der Waals surface area contributed by atoms with Gasteiger partial charge in [0.25, 0.3) is 0 Å². The van der Waals surface area contributed by atoms with Crippen molar-refractivity contribution in [2.45, 2.75) is 45.4 Å². The lowest BCUT2D eigenvalue weighted by atomic mass is 10.1. The fourth-order valence-corrected chi connectivity index (χ4v) is 5.00. The van der Waals surface area contributed by atoms with Gasteiger partial charge in [-0.25, -0.2) is 8.42 Å². The van der Waals surface area contributed by atoms with Gasteiger partial charge in [0, 0.05) is 25.2 Å². The number of thiophene rings is 1. The molecule has 0 atom stereocenters. The van der Waals surface area contributed by atoms with Gasteiger partial charge in [0.15, 0.2) is 0 Å². The van der Waals surface area contributed by atoms with Gasteiger partial charge in [-0.1, -0.05) is 13.8 Å². The van der Waals surface area contributed by atoms with Crippen LogP contribution in [0.4, 0.5) is 5.69 Å². The Kier molecular flexibility index (Phi) is 6.97. The molecule has 0 spiro atoms. The Hall–Kier alpha value is -1.70. The summed E-state index contributed by atoms with van der Waals surface area (Å²) in [4.78, 5) is 12.5. The van der Waals surface area contributed by atoms with E-state index in [0.29, 0.717) is 31.6 Å². The molecule has 0 unspecified atom stereocenters. The predicted octanol–water partition coefficient (Wildman–Crippen LogP) is 3.97. The zero-order chi connectivity index (χ0) is 19.3. The Bertz CT molecular complexity index is 855. The lowest BCUT2D eigenvalue weighted by Gasteiger charge is -2.20. The molecule has 0 bridgehead atoms. The van der Waals surface area contributed by atoms with Crippen LogP contribution in [0.1, 0.15) is 37.0 Å². The Morgan fingerprint density at radius 2 is 1.88 bits per heavy atom. The summed E-state index contributed by atoms with van der Waals surface area (Å²) in [5, 5.41) is 6.90. The van der Waals surface area contributed by atoms with Crippen molar-refractivity contribution in [2.75, 3.05) is 18.4 Å². The number of benzene rings is 1. The van der Waals surface area contributed by atoms with Crippen molar-refractivity contribution in [3.8, 4) is 0 Å².